The molecule has 0 aliphatic heterocycles. The Balaban J connectivity index is 1.53. The van der Waals surface area contributed by atoms with Crippen LogP contribution in [-0.4, -0.2) is 16.1 Å². The van der Waals surface area contributed by atoms with Crippen LogP contribution in [0.15, 0.2) is 109 Å². The maximum atomic E-state index is 14.9. The van der Waals surface area contributed by atoms with Crippen molar-refractivity contribution in [1.82, 2.24) is 0 Å². The van der Waals surface area contributed by atoms with Crippen molar-refractivity contribution < 1.29 is 19.0 Å². The summed E-state index contributed by atoms with van der Waals surface area (Å²) in [6.45, 7) is 0. The Kier molecular flexibility index (Phi) is 5.94. The van der Waals surface area contributed by atoms with E-state index >= 15 is 0 Å². The maximum Gasteiger partial charge on any atom is 0.306 e. The molecule has 0 aromatic heterocycles. The number of halogens is 2. The smallest absolute Gasteiger partial charge is 0.306 e. The average Bonchev–Trinajstić information content (AvgIpc) is 2.84. The summed E-state index contributed by atoms with van der Waals surface area (Å²) in [5, 5.41) is 20.7. The maximum absolute atomic E-state index is 14.9. The molecule has 156 valence electrons. The van der Waals surface area contributed by atoms with Crippen LogP contribution in [0.3, 0.4) is 0 Å². The van der Waals surface area contributed by atoms with Gasteiger partial charge in [-0.25, -0.2) is 8.78 Å². The molecule has 2 atom stereocenters. The third-order valence-electron chi connectivity index (χ3n) is 5.40. The minimum Gasteiger partial charge on any atom is -0.382 e. The van der Waals surface area contributed by atoms with Crippen LogP contribution in [0.2, 0.25) is 0 Å². The first kappa shape index (κ1) is 20.9. The summed E-state index contributed by atoms with van der Waals surface area (Å²) in [5.41, 5.74) is 3.71. The summed E-state index contributed by atoms with van der Waals surface area (Å²) in [6.07, 6.45) is -4.28. The number of aliphatic hydroxyl groups is 2. The van der Waals surface area contributed by atoms with E-state index < -0.39 is 18.1 Å². The van der Waals surface area contributed by atoms with Crippen LogP contribution < -0.4 is 0 Å². The molecule has 0 spiro atoms. The lowest BCUT2D eigenvalue weighted by atomic mass is 9.92. The van der Waals surface area contributed by atoms with Crippen LogP contribution in [0.4, 0.5) is 8.78 Å². The molecule has 0 heterocycles. The lowest BCUT2D eigenvalue weighted by Gasteiger charge is -2.28. The molecule has 4 heteroatoms. The molecule has 31 heavy (non-hydrogen) atoms. The zero-order chi connectivity index (χ0) is 21.8. The molecule has 2 N–H and O–H groups in total. The molecular weight excluding hydrogens is 394 g/mol. The Morgan fingerprint density at radius 2 is 0.742 bits per heavy atom. The van der Waals surface area contributed by atoms with Crippen molar-refractivity contribution in [3.8, 4) is 22.3 Å². The normalized spacial score (nSPS) is 13.5. The predicted molar refractivity (Wildman–Crippen MR) is 119 cm³/mol. The van der Waals surface area contributed by atoms with Gasteiger partial charge < -0.3 is 10.2 Å². The summed E-state index contributed by atoms with van der Waals surface area (Å²) in [5.74, 6) is -3.76. The number of aliphatic hydroxyl groups excluding tert-OH is 2. The van der Waals surface area contributed by atoms with Crippen molar-refractivity contribution in [3.63, 3.8) is 0 Å². The molecule has 4 rings (SSSR count). The van der Waals surface area contributed by atoms with Gasteiger partial charge in [0.1, 0.15) is 12.2 Å². The van der Waals surface area contributed by atoms with Crippen molar-refractivity contribution in [3.05, 3.63) is 120 Å². The van der Waals surface area contributed by atoms with Gasteiger partial charge >= 0.3 is 5.92 Å². The van der Waals surface area contributed by atoms with Crippen molar-refractivity contribution in [2.75, 3.05) is 0 Å². The molecule has 4 aromatic rings. The van der Waals surface area contributed by atoms with Crippen molar-refractivity contribution in [2.45, 2.75) is 18.1 Å². The molecule has 0 unspecified atom stereocenters. The molecule has 4 aromatic carbocycles. The van der Waals surface area contributed by atoms with Gasteiger partial charge in [-0.2, -0.15) is 0 Å². The molecular formula is C27H22F2O2. The number of hydrogen-bond donors (Lipinski definition) is 2. The summed E-state index contributed by atoms with van der Waals surface area (Å²) >= 11 is 0. The first-order valence-electron chi connectivity index (χ1n) is 10.0. The number of alkyl halides is 2. The third kappa shape index (κ3) is 4.41. The highest BCUT2D eigenvalue weighted by atomic mass is 19.3. The summed E-state index contributed by atoms with van der Waals surface area (Å²) in [6, 6.07) is 31.7. The lowest BCUT2D eigenvalue weighted by Crippen LogP contribution is -2.33. The Morgan fingerprint density at radius 1 is 0.452 bits per heavy atom. The van der Waals surface area contributed by atoms with Gasteiger partial charge in [-0.1, -0.05) is 109 Å². The van der Waals surface area contributed by atoms with Crippen LogP contribution in [-0.2, 0) is 0 Å². The van der Waals surface area contributed by atoms with E-state index in [1.807, 2.05) is 60.7 Å². The highest BCUT2D eigenvalue weighted by molar-refractivity contribution is 5.64. The van der Waals surface area contributed by atoms with E-state index in [2.05, 4.69) is 0 Å². The largest absolute Gasteiger partial charge is 0.382 e. The minimum atomic E-state index is -3.76. The highest BCUT2D eigenvalue weighted by Crippen LogP contribution is 2.42. The summed E-state index contributed by atoms with van der Waals surface area (Å²) in [4.78, 5) is 0. The molecule has 0 aliphatic rings. The van der Waals surface area contributed by atoms with Gasteiger partial charge in [-0.15, -0.1) is 0 Å². The van der Waals surface area contributed by atoms with Crippen LogP contribution in [0.1, 0.15) is 23.3 Å². The monoisotopic (exact) mass is 416 g/mol. The molecule has 0 saturated heterocycles. The zero-order valence-corrected chi connectivity index (χ0v) is 16.7. The van der Waals surface area contributed by atoms with E-state index in [4.69, 9.17) is 0 Å². The van der Waals surface area contributed by atoms with Gasteiger partial charge in [0.2, 0.25) is 0 Å². The first-order valence-corrected chi connectivity index (χ1v) is 10.0. The fourth-order valence-corrected chi connectivity index (χ4v) is 3.57. The fraction of sp³-hybridized carbons (Fsp3) is 0.111. The molecule has 0 radical (unpaired) electrons. The van der Waals surface area contributed by atoms with E-state index in [-0.39, 0.29) is 11.1 Å². The third-order valence-corrected chi connectivity index (χ3v) is 5.40. The number of benzene rings is 4. The molecule has 0 amide bonds. The Labute approximate surface area is 180 Å². The van der Waals surface area contributed by atoms with E-state index in [9.17, 15) is 19.0 Å². The molecule has 0 aliphatic carbocycles. The molecule has 2 nitrogen and oxygen atoms in total. The van der Waals surface area contributed by atoms with Crippen LogP contribution in [0, 0.1) is 0 Å². The van der Waals surface area contributed by atoms with Crippen LogP contribution >= 0.6 is 0 Å². The quantitative estimate of drug-likeness (QED) is 0.381. The van der Waals surface area contributed by atoms with Gasteiger partial charge in [0.15, 0.2) is 0 Å². The Hall–Kier alpha value is -3.34. The molecule has 0 fully saturated rings. The Morgan fingerprint density at radius 3 is 1.06 bits per heavy atom. The fourth-order valence-electron chi connectivity index (χ4n) is 3.57. The highest BCUT2D eigenvalue weighted by Gasteiger charge is 2.47. The summed E-state index contributed by atoms with van der Waals surface area (Å²) in [7, 11) is 0. The zero-order valence-electron chi connectivity index (χ0n) is 16.7. The lowest BCUT2D eigenvalue weighted by molar-refractivity contribution is -0.181. The standard InChI is InChI=1S/C27H22F2O2/c28-27(29,25(30)23-15-11-21(12-16-23)19-7-3-1-4-8-19)26(31)24-17-13-22(14-18-24)20-9-5-2-6-10-20/h1-18,25-26,30-31H/t25-,26-/m1/s1. The van der Waals surface area contributed by atoms with Gasteiger partial charge in [0.25, 0.3) is 0 Å². The van der Waals surface area contributed by atoms with E-state index in [0.717, 1.165) is 22.3 Å². The van der Waals surface area contributed by atoms with Crippen LogP contribution in [0.5, 0.6) is 0 Å². The minimum absolute atomic E-state index is 0.0460. The van der Waals surface area contributed by atoms with Gasteiger partial charge in [0, 0.05) is 0 Å². The van der Waals surface area contributed by atoms with E-state index in [0.29, 0.717) is 0 Å². The number of rotatable bonds is 6. The van der Waals surface area contributed by atoms with Gasteiger partial charge in [0.05, 0.1) is 0 Å². The van der Waals surface area contributed by atoms with Crippen molar-refractivity contribution >= 4 is 0 Å². The molecule has 0 saturated carbocycles. The topological polar surface area (TPSA) is 40.5 Å². The predicted octanol–water partition coefficient (Wildman–Crippen LogP) is 6.42. The van der Waals surface area contributed by atoms with Crippen molar-refractivity contribution in [2.24, 2.45) is 0 Å². The second-order valence-corrected chi connectivity index (χ2v) is 7.46. The summed E-state index contributed by atoms with van der Waals surface area (Å²) < 4.78 is 29.9. The first-order chi connectivity index (χ1) is 15.0. The number of hydrogen-bond acceptors (Lipinski definition) is 2. The van der Waals surface area contributed by atoms with E-state index in [1.165, 1.54) is 24.3 Å². The average molecular weight is 416 g/mol. The SMILES string of the molecule is O[C@H](c1ccc(-c2ccccc2)cc1)C(F)(F)[C@H](O)c1ccc(-c2ccccc2)cc1. The van der Waals surface area contributed by atoms with Gasteiger partial charge in [-0.3, -0.25) is 0 Å². The van der Waals surface area contributed by atoms with Crippen LogP contribution in [0.25, 0.3) is 22.3 Å². The second kappa shape index (κ2) is 8.80. The van der Waals surface area contributed by atoms with E-state index in [1.54, 1.807) is 24.3 Å². The Bertz CT molecular complexity index is 1020. The van der Waals surface area contributed by atoms with Gasteiger partial charge in [-0.05, 0) is 33.4 Å². The molecule has 0 bridgehead atoms. The van der Waals surface area contributed by atoms with Crippen molar-refractivity contribution in [1.29, 1.82) is 0 Å². The second-order valence-electron chi connectivity index (χ2n) is 7.46.